The Balaban J connectivity index is 1.61. The van der Waals surface area contributed by atoms with Crippen LogP contribution in [-0.4, -0.2) is 45.3 Å². The van der Waals surface area contributed by atoms with Crippen molar-refractivity contribution in [3.8, 4) is 5.75 Å². The Morgan fingerprint density at radius 1 is 1.20 bits per heavy atom. The molecule has 0 bridgehead atoms. The third-order valence-corrected chi connectivity index (χ3v) is 6.27. The molecule has 0 spiro atoms. The summed E-state index contributed by atoms with van der Waals surface area (Å²) < 4.78 is 27.8. The van der Waals surface area contributed by atoms with Crippen LogP contribution in [0.1, 0.15) is 42.5 Å². The molecule has 1 fully saturated rings. The van der Waals surface area contributed by atoms with Crippen molar-refractivity contribution in [2.75, 3.05) is 25.2 Å². The molecule has 7 heteroatoms. The summed E-state index contributed by atoms with van der Waals surface area (Å²) in [7, 11) is -1.27. The third-order valence-electron chi connectivity index (χ3n) is 4.43. The Kier molecular flexibility index (Phi) is 6.99. The first-order valence-electron chi connectivity index (χ1n) is 8.54. The minimum absolute atomic E-state index is 0.0750. The van der Waals surface area contributed by atoms with Gasteiger partial charge in [0.2, 0.25) is 5.91 Å². The van der Waals surface area contributed by atoms with Crippen molar-refractivity contribution >= 4 is 21.5 Å². The van der Waals surface area contributed by atoms with Crippen LogP contribution in [0.3, 0.4) is 0 Å². The molecule has 1 unspecified atom stereocenters. The van der Waals surface area contributed by atoms with Crippen molar-refractivity contribution in [3.63, 3.8) is 0 Å². The molecule has 138 valence electrons. The van der Waals surface area contributed by atoms with E-state index in [1.54, 1.807) is 31.4 Å². The fourth-order valence-corrected chi connectivity index (χ4v) is 4.87. The van der Waals surface area contributed by atoms with Crippen LogP contribution < -0.4 is 10.1 Å². The molecule has 1 amide bonds. The van der Waals surface area contributed by atoms with E-state index < -0.39 is 9.84 Å². The monoisotopic (exact) mass is 367 g/mol. The van der Waals surface area contributed by atoms with E-state index in [0.29, 0.717) is 17.9 Å². The average Bonchev–Trinajstić information content (AvgIpc) is 2.95. The van der Waals surface area contributed by atoms with Crippen LogP contribution in [0.4, 0.5) is 0 Å². The molecule has 1 atom stereocenters. The van der Waals surface area contributed by atoms with Gasteiger partial charge in [-0.15, -0.1) is 0 Å². The normalized spacial score (nSPS) is 18.7. The zero-order valence-electron chi connectivity index (χ0n) is 14.5. The molecule has 0 saturated carbocycles. The van der Waals surface area contributed by atoms with Gasteiger partial charge in [0.05, 0.1) is 18.6 Å². The molecule has 6 nitrogen and oxygen atoms in total. The molecule has 2 rings (SSSR count). The third kappa shape index (κ3) is 6.49. The van der Waals surface area contributed by atoms with Crippen molar-refractivity contribution < 1.29 is 22.7 Å². The first kappa shape index (κ1) is 19.4. The standard InChI is InChI=1S/C18H25NO5S/c1-24-16-6-4-15(5-7-16)17(20)8-9-18(21)19-11-2-3-14-10-12-25(22,23)13-14/h4-7,14H,2-3,8-13H2,1H3,(H,19,21). The molecule has 0 aromatic heterocycles. The maximum atomic E-state index is 12.0. The smallest absolute Gasteiger partial charge is 0.220 e. The van der Waals surface area contributed by atoms with Gasteiger partial charge in [0.15, 0.2) is 15.6 Å². The highest BCUT2D eigenvalue weighted by Gasteiger charge is 2.27. The first-order chi connectivity index (χ1) is 11.9. The Morgan fingerprint density at radius 3 is 2.52 bits per heavy atom. The van der Waals surface area contributed by atoms with Crippen LogP contribution in [-0.2, 0) is 14.6 Å². The van der Waals surface area contributed by atoms with Gasteiger partial charge in [0, 0.05) is 24.9 Å². The first-order valence-corrected chi connectivity index (χ1v) is 10.4. The second kappa shape index (κ2) is 8.99. The molecule has 1 saturated heterocycles. The predicted octanol–water partition coefficient (Wildman–Crippen LogP) is 1.99. The number of hydrogen-bond acceptors (Lipinski definition) is 5. The van der Waals surface area contributed by atoms with E-state index in [2.05, 4.69) is 5.32 Å². The maximum absolute atomic E-state index is 12.0. The van der Waals surface area contributed by atoms with Gasteiger partial charge in [-0.2, -0.15) is 0 Å². The molecular weight excluding hydrogens is 342 g/mol. The summed E-state index contributed by atoms with van der Waals surface area (Å²) in [6.45, 7) is 0.520. The lowest BCUT2D eigenvalue weighted by atomic mass is 10.0. The summed E-state index contributed by atoms with van der Waals surface area (Å²) in [6.07, 6.45) is 2.62. The Morgan fingerprint density at radius 2 is 1.92 bits per heavy atom. The van der Waals surface area contributed by atoms with Gasteiger partial charge in [-0.1, -0.05) is 0 Å². The molecule has 1 aliphatic heterocycles. The zero-order chi connectivity index (χ0) is 18.3. The Hall–Kier alpha value is -1.89. The molecule has 0 aliphatic carbocycles. The Bertz CT molecular complexity index is 697. The van der Waals surface area contributed by atoms with E-state index in [9.17, 15) is 18.0 Å². The van der Waals surface area contributed by atoms with Gasteiger partial charge >= 0.3 is 0 Å². The van der Waals surface area contributed by atoms with Crippen molar-refractivity contribution in [2.45, 2.75) is 32.1 Å². The quantitative estimate of drug-likeness (QED) is 0.532. The molecule has 1 aliphatic rings. The maximum Gasteiger partial charge on any atom is 0.220 e. The molecule has 1 N–H and O–H groups in total. The van der Waals surface area contributed by atoms with Crippen molar-refractivity contribution in [3.05, 3.63) is 29.8 Å². The highest BCUT2D eigenvalue weighted by molar-refractivity contribution is 7.91. The van der Waals surface area contributed by atoms with Crippen LogP contribution in [0.5, 0.6) is 5.75 Å². The van der Waals surface area contributed by atoms with Crippen LogP contribution in [0.2, 0.25) is 0 Å². The number of carbonyl (C=O) groups excluding carboxylic acids is 2. The summed E-state index contributed by atoms with van der Waals surface area (Å²) in [6, 6.07) is 6.82. The van der Waals surface area contributed by atoms with Gasteiger partial charge < -0.3 is 10.1 Å². The number of amides is 1. The lowest BCUT2D eigenvalue weighted by Crippen LogP contribution is -2.25. The molecule has 1 aromatic rings. The molecule has 0 radical (unpaired) electrons. The summed E-state index contributed by atoms with van der Waals surface area (Å²) in [5, 5.41) is 2.79. The SMILES string of the molecule is COc1ccc(C(=O)CCC(=O)NCCCC2CCS(=O)(=O)C2)cc1. The fourth-order valence-electron chi connectivity index (χ4n) is 2.95. The number of rotatable bonds is 9. The average molecular weight is 367 g/mol. The number of methoxy groups -OCH3 is 1. The van der Waals surface area contributed by atoms with Crippen LogP contribution in [0.15, 0.2) is 24.3 Å². The second-order valence-corrected chi connectivity index (χ2v) is 8.64. The highest BCUT2D eigenvalue weighted by atomic mass is 32.2. The highest BCUT2D eigenvalue weighted by Crippen LogP contribution is 2.22. The summed E-state index contributed by atoms with van der Waals surface area (Å²) in [4.78, 5) is 23.8. The molecule has 25 heavy (non-hydrogen) atoms. The lowest BCUT2D eigenvalue weighted by molar-refractivity contribution is -0.121. The van der Waals surface area contributed by atoms with Crippen LogP contribution in [0, 0.1) is 5.92 Å². The Labute approximate surface area is 148 Å². The van der Waals surface area contributed by atoms with Gasteiger partial charge in [-0.3, -0.25) is 9.59 Å². The number of nitrogens with one attached hydrogen (secondary N) is 1. The van der Waals surface area contributed by atoms with Gasteiger partial charge in [-0.25, -0.2) is 8.42 Å². The number of sulfone groups is 1. The lowest BCUT2D eigenvalue weighted by Gasteiger charge is -2.08. The fraction of sp³-hybridized carbons (Fsp3) is 0.556. The minimum atomic E-state index is -2.83. The zero-order valence-corrected chi connectivity index (χ0v) is 15.3. The van der Waals surface area contributed by atoms with Gasteiger partial charge in [-0.05, 0) is 49.4 Å². The number of ether oxygens (including phenoxy) is 1. The van der Waals surface area contributed by atoms with Gasteiger partial charge in [0.1, 0.15) is 5.75 Å². The van der Waals surface area contributed by atoms with Gasteiger partial charge in [0.25, 0.3) is 0 Å². The van der Waals surface area contributed by atoms with Crippen molar-refractivity contribution in [1.82, 2.24) is 5.32 Å². The second-order valence-electron chi connectivity index (χ2n) is 6.41. The summed E-state index contributed by atoms with van der Waals surface area (Å²) >= 11 is 0. The number of hydrogen-bond donors (Lipinski definition) is 1. The van der Waals surface area contributed by atoms with Crippen molar-refractivity contribution in [1.29, 1.82) is 0 Å². The topological polar surface area (TPSA) is 89.5 Å². The van der Waals surface area contributed by atoms with E-state index in [-0.39, 0.29) is 42.0 Å². The molecule has 1 heterocycles. The molecular formula is C18H25NO5S. The van der Waals surface area contributed by atoms with Crippen LogP contribution in [0.25, 0.3) is 0 Å². The van der Waals surface area contributed by atoms with Crippen LogP contribution >= 0.6 is 0 Å². The predicted molar refractivity (Wildman–Crippen MR) is 95.6 cm³/mol. The summed E-state index contributed by atoms with van der Waals surface area (Å²) in [5.74, 6) is 1.24. The number of Topliss-reactive ketones (excluding diaryl/α,β-unsaturated/α-hetero) is 1. The number of ketones is 1. The van der Waals surface area contributed by atoms with E-state index >= 15 is 0 Å². The number of carbonyl (C=O) groups is 2. The minimum Gasteiger partial charge on any atom is -0.497 e. The largest absolute Gasteiger partial charge is 0.497 e. The van der Waals surface area contributed by atoms with E-state index in [1.165, 1.54) is 0 Å². The summed E-state index contributed by atoms with van der Waals surface area (Å²) in [5.41, 5.74) is 0.566. The van der Waals surface area contributed by atoms with E-state index in [1.807, 2.05) is 0 Å². The molecule has 1 aromatic carbocycles. The van der Waals surface area contributed by atoms with Crippen molar-refractivity contribution in [2.24, 2.45) is 5.92 Å². The number of benzene rings is 1. The van der Waals surface area contributed by atoms with E-state index in [0.717, 1.165) is 19.3 Å². The van der Waals surface area contributed by atoms with E-state index in [4.69, 9.17) is 4.74 Å².